The molecule has 0 atom stereocenters. The molecule has 1 aromatic carbocycles. The van der Waals surface area contributed by atoms with Crippen LogP contribution in [0.15, 0.2) is 47.6 Å². The Morgan fingerprint density at radius 2 is 1.80 bits per heavy atom. The van der Waals surface area contributed by atoms with Crippen LogP contribution in [0, 0.1) is 0 Å². The number of ether oxygens (including phenoxy) is 2. The highest BCUT2D eigenvalue weighted by Gasteiger charge is 2.40. The Bertz CT molecular complexity index is 862. The van der Waals surface area contributed by atoms with E-state index in [-0.39, 0.29) is 4.90 Å². The number of benzene rings is 1. The molecular weight excluding hydrogens is 340 g/mol. The molecule has 0 bridgehead atoms. The van der Waals surface area contributed by atoms with Crippen LogP contribution in [0.5, 0.6) is 11.5 Å². The van der Waals surface area contributed by atoms with Crippen LogP contribution in [-0.2, 0) is 15.6 Å². The van der Waals surface area contributed by atoms with Gasteiger partial charge in [-0.1, -0.05) is 18.9 Å². The molecule has 25 heavy (non-hydrogen) atoms. The van der Waals surface area contributed by atoms with Crippen LogP contribution in [0.25, 0.3) is 0 Å². The predicted octanol–water partition coefficient (Wildman–Crippen LogP) is 2.60. The van der Waals surface area contributed by atoms with Gasteiger partial charge in [-0.05, 0) is 42.7 Å². The summed E-state index contributed by atoms with van der Waals surface area (Å²) in [4.78, 5) is 4.10. The predicted molar refractivity (Wildman–Crippen MR) is 92.1 cm³/mol. The highest BCUT2D eigenvalue weighted by atomic mass is 32.2. The number of rotatable bonds is 4. The van der Waals surface area contributed by atoms with E-state index in [1.54, 1.807) is 18.3 Å². The number of fused-ring (bicyclic) bond motifs is 1. The topological polar surface area (TPSA) is 77.5 Å². The summed E-state index contributed by atoms with van der Waals surface area (Å²) < 4.78 is 39.9. The fraction of sp³-hybridized carbons (Fsp3) is 0.389. The first-order chi connectivity index (χ1) is 12.1. The van der Waals surface area contributed by atoms with Gasteiger partial charge < -0.3 is 9.47 Å². The maximum Gasteiger partial charge on any atom is 0.242 e. The minimum absolute atomic E-state index is 0.179. The van der Waals surface area contributed by atoms with E-state index in [1.807, 2.05) is 18.2 Å². The van der Waals surface area contributed by atoms with E-state index in [1.165, 1.54) is 6.20 Å². The second-order valence-corrected chi connectivity index (χ2v) is 8.12. The normalized spacial score (nSPS) is 18.9. The van der Waals surface area contributed by atoms with Gasteiger partial charge in [-0.25, -0.2) is 13.1 Å². The van der Waals surface area contributed by atoms with Crippen LogP contribution >= 0.6 is 0 Å². The third-order valence-corrected chi connectivity index (χ3v) is 6.35. The molecule has 0 radical (unpaired) electrons. The number of nitrogens with one attached hydrogen (secondary N) is 1. The van der Waals surface area contributed by atoms with Crippen molar-refractivity contribution >= 4 is 10.0 Å². The third-order valence-electron chi connectivity index (χ3n) is 4.83. The van der Waals surface area contributed by atoms with Crippen LogP contribution in [0.4, 0.5) is 0 Å². The van der Waals surface area contributed by atoms with Crippen molar-refractivity contribution in [3.05, 3.63) is 48.3 Å². The number of hydrogen-bond donors (Lipinski definition) is 1. The van der Waals surface area contributed by atoms with Gasteiger partial charge >= 0.3 is 0 Å². The van der Waals surface area contributed by atoms with Crippen LogP contribution in [-0.4, -0.2) is 26.6 Å². The van der Waals surface area contributed by atoms with E-state index in [9.17, 15) is 8.42 Å². The first-order valence-corrected chi connectivity index (χ1v) is 9.92. The van der Waals surface area contributed by atoms with Crippen LogP contribution < -0.4 is 14.2 Å². The first-order valence-electron chi connectivity index (χ1n) is 8.43. The molecule has 2 aromatic rings. The smallest absolute Gasteiger partial charge is 0.242 e. The molecule has 0 amide bonds. The Morgan fingerprint density at radius 3 is 2.52 bits per heavy atom. The second-order valence-electron chi connectivity index (χ2n) is 6.44. The van der Waals surface area contributed by atoms with Crippen LogP contribution in [0.1, 0.15) is 31.2 Å². The Kier molecular flexibility index (Phi) is 4.13. The molecule has 2 heterocycles. The number of sulfonamides is 1. The van der Waals surface area contributed by atoms with Gasteiger partial charge in [0.1, 0.15) is 18.1 Å². The fourth-order valence-electron chi connectivity index (χ4n) is 3.59. The SMILES string of the molecule is O=S(=O)(NC1(c2ccc3c(c2)OCCO3)CCCC1)c1cccnc1. The average molecular weight is 360 g/mol. The Hall–Kier alpha value is -2.12. The molecule has 1 saturated carbocycles. The highest BCUT2D eigenvalue weighted by Crippen LogP contribution is 2.43. The van der Waals surface area contributed by atoms with E-state index in [2.05, 4.69) is 9.71 Å². The monoisotopic (exact) mass is 360 g/mol. The lowest BCUT2D eigenvalue weighted by molar-refractivity contribution is 0.171. The minimum atomic E-state index is -3.66. The maximum absolute atomic E-state index is 12.8. The van der Waals surface area contributed by atoms with Crippen LogP contribution in [0.3, 0.4) is 0 Å². The largest absolute Gasteiger partial charge is 0.486 e. The minimum Gasteiger partial charge on any atom is -0.486 e. The molecule has 0 unspecified atom stereocenters. The summed E-state index contributed by atoms with van der Waals surface area (Å²) in [5.74, 6) is 1.38. The molecule has 1 fully saturated rings. The Morgan fingerprint density at radius 1 is 1.04 bits per heavy atom. The zero-order valence-corrected chi connectivity index (χ0v) is 14.6. The van der Waals surface area contributed by atoms with E-state index in [0.717, 1.165) is 31.2 Å². The van der Waals surface area contributed by atoms with Gasteiger partial charge in [0.05, 0.1) is 5.54 Å². The average Bonchev–Trinajstić information content (AvgIpc) is 3.11. The van der Waals surface area contributed by atoms with Crippen molar-refractivity contribution in [2.45, 2.75) is 36.1 Å². The molecule has 1 aliphatic heterocycles. The van der Waals surface area contributed by atoms with Gasteiger partial charge in [0, 0.05) is 12.4 Å². The van der Waals surface area contributed by atoms with E-state index in [4.69, 9.17) is 9.47 Å². The van der Waals surface area contributed by atoms with Crippen molar-refractivity contribution in [2.75, 3.05) is 13.2 Å². The summed E-state index contributed by atoms with van der Waals surface area (Å²) in [6.45, 7) is 1.04. The molecular formula is C18H20N2O4S. The van der Waals surface area contributed by atoms with Crippen LogP contribution in [0.2, 0.25) is 0 Å². The number of hydrogen-bond acceptors (Lipinski definition) is 5. The van der Waals surface area contributed by atoms with Crippen molar-refractivity contribution < 1.29 is 17.9 Å². The molecule has 4 rings (SSSR count). The molecule has 0 saturated heterocycles. The standard InChI is InChI=1S/C18H20N2O4S/c21-25(22,15-4-3-9-19-13-15)20-18(7-1-2-8-18)14-5-6-16-17(12-14)24-11-10-23-16/h3-6,9,12-13,20H,1-2,7-8,10-11H2. The van der Waals surface area contributed by atoms with Gasteiger partial charge in [0.15, 0.2) is 11.5 Å². The van der Waals surface area contributed by atoms with Crippen molar-refractivity contribution in [2.24, 2.45) is 0 Å². The zero-order valence-electron chi connectivity index (χ0n) is 13.8. The van der Waals surface area contributed by atoms with E-state index >= 15 is 0 Å². The number of aromatic nitrogens is 1. The summed E-state index contributed by atoms with van der Waals surface area (Å²) >= 11 is 0. The molecule has 1 aliphatic carbocycles. The molecule has 1 aromatic heterocycles. The fourth-order valence-corrected chi connectivity index (χ4v) is 5.00. The summed E-state index contributed by atoms with van der Waals surface area (Å²) in [6, 6.07) is 8.89. The molecule has 0 spiro atoms. The maximum atomic E-state index is 12.8. The van der Waals surface area contributed by atoms with Crippen molar-refractivity contribution in [1.29, 1.82) is 0 Å². The zero-order chi connectivity index (χ0) is 17.3. The Labute approximate surface area is 147 Å². The van der Waals surface area contributed by atoms with Gasteiger partial charge in [-0.3, -0.25) is 4.98 Å². The summed E-state index contributed by atoms with van der Waals surface area (Å²) in [5, 5.41) is 0. The molecule has 1 N–H and O–H groups in total. The number of nitrogens with zero attached hydrogens (tertiary/aromatic N) is 1. The quantitative estimate of drug-likeness (QED) is 0.907. The summed E-state index contributed by atoms with van der Waals surface area (Å²) in [6.07, 6.45) is 6.40. The van der Waals surface area contributed by atoms with E-state index in [0.29, 0.717) is 24.7 Å². The summed E-state index contributed by atoms with van der Waals surface area (Å²) in [7, 11) is -3.66. The lowest BCUT2D eigenvalue weighted by Crippen LogP contribution is -2.43. The summed E-state index contributed by atoms with van der Waals surface area (Å²) in [5.41, 5.74) is 0.298. The molecule has 2 aliphatic rings. The van der Waals surface area contributed by atoms with Gasteiger partial charge in [0.2, 0.25) is 10.0 Å². The highest BCUT2D eigenvalue weighted by molar-refractivity contribution is 7.89. The lowest BCUT2D eigenvalue weighted by atomic mass is 9.89. The van der Waals surface area contributed by atoms with Gasteiger partial charge in [-0.2, -0.15) is 0 Å². The third kappa shape index (κ3) is 3.09. The Balaban J connectivity index is 1.71. The van der Waals surface area contributed by atoms with Gasteiger partial charge in [0.25, 0.3) is 0 Å². The molecule has 6 nitrogen and oxygen atoms in total. The van der Waals surface area contributed by atoms with Gasteiger partial charge in [-0.15, -0.1) is 0 Å². The molecule has 7 heteroatoms. The first kappa shape index (κ1) is 16.4. The van der Waals surface area contributed by atoms with Crippen molar-refractivity contribution in [1.82, 2.24) is 9.71 Å². The number of pyridine rings is 1. The van der Waals surface area contributed by atoms with Crippen molar-refractivity contribution in [3.63, 3.8) is 0 Å². The lowest BCUT2D eigenvalue weighted by Gasteiger charge is -2.31. The van der Waals surface area contributed by atoms with Crippen molar-refractivity contribution in [3.8, 4) is 11.5 Å². The second kappa shape index (κ2) is 6.31. The van der Waals surface area contributed by atoms with E-state index < -0.39 is 15.6 Å². The molecule has 132 valence electrons.